The molecule has 27 heavy (non-hydrogen) atoms. The summed E-state index contributed by atoms with van der Waals surface area (Å²) in [6.07, 6.45) is 3.25. The molecule has 0 spiro atoms. The molecule has 3 aromatic rings. The van der Waals surface area contributed by atoms with Gasteiger partial charge in [-0.1, -0.05) is 6.07 Å². The van der Waals surface area contributed by atoms with Gasteiger partial charge in [-0.15, -0.1) is 0 Å². The van der Waals surface area contributed by atoms with Gasteiger partial charge in [0.05, 0.1) is 6.61 Å². The summed E-state index contributed by atoms with van der Waals surface area (Å²) in [7, 11) is 0. The number of H-pyrrole nitrogens is 1. The molecule has 0 unspecified atom stereocenters. The number of aromatic amines is 1. The first kappa shape index (κ1) is 21.3. The van der Waals surface area contributed by atoms with Crippen LogP contribution in [0.1, 0.15) is 25.5 Å². The van der Waals surface area contributed by atoms with Gasteiger partial charge in [-0.05, 0) is 55.7 Å². The standard InChI is InChI=1S/C20H23N3O3.Na.H/c1-14-16(7-9-20(24)25)17-13-15(6-8-18(17)23-14)26-12-4-11-22-19-5-2-3-10-21-19;;/h2-3,5-6,8,10,13,23H,4,7,9,11-12H2,1H3,(H,21,22)(H,24,25);;/q;+1;-1. The summed E-state index contributed by atoms with van der Waals surface area (Å²) in [5.74, 6) is 0.872. The van der Waals surface area contributed by atoms with Gasteiger partial charge >= 0.3 is 35.5 Å². The summed E-state index contributed by atoms with van der Waals surface area (Å²) in [6, 6.07) is 11.7. The predicted octanol–water partition coefficient (Wildman–Crippen LogP) is 0.886. The van der Waals surface area contributed by atoms with E-state index in [4.69, 9.17) is 9.84 Å². The van der Waals surface area contributed by atoms with E-state index in [-0.39, 0.29) is 37.4 Å². The molecule has 0 saturated heterocycles. The van der Waals surface area contributed by atoms with Crippen LogP contribution in [0.25, 0.3) is 10.9 Å². The van der Waals surface area contributed by atoms with Crippen molar-refractivity contribution in [3.8, 4) is 5.75 Å². The number of benzene rings is 1. The van der Waals surface area contributed by atoms with E-state index in [1.807, 2.05) is 43.3 Å². The zero-order valence-corrected chi connectivity index (χ0v) is 17.8. The minimum Gasteiger partial charge on any atom is -1.00 e. The van der Waals surface area contributed by atoms with Crippen molar-refractivity contribution in [1.82, 2.24) is 9.97 Å². The quantitative estimate of drug-likeness (QED) is 0.381. The maximum Gasteiger partial charge on any atom is 1.00 e. The number of carboxylic acid groups (broad SMARTS) is 1. The molecule has 0 aliphatic heterocycles. The Morgan fingerprint density at radius 3 is 2.93 bits per heavy atom. The van der Waals surface area contributed by atoms with E-state index in [1.165, 1.54) is 0 Å². The molecule has 0 saturated carbocycles. The first-order valence-corrected chi connectivity index (χ1v) is 8.74. The van der Waals surface area contributed by atoms with Crippen molar-refractivity contribution in [3.63, 3.8) is 0 Å². The van der Waals surface area contributed by atoms with Crippen LogP contribution in [0.15, 0.2) is 42.6 Å². The first-order chi connectivity index (χ1) is 12.6. The van der Waals surface area contributed by atoms with E-state index in [9.17, 15) is 4.79 Å². The van der Waals surface area contributed by atoms with Crippen molar-refractivity contribution in [2.45, 2.75) is 26.2 Å². The number of fused-ring (bicyclic) bond motifs is 1. The fourth-order valence-electron chi connectivity index (χ4n) is 2.95. The second-order valence-electron chi connectivity index (χ2n) is 6.17. The third kappa shape index (κ3) is 5.99. The van der Waals surface area contributed by atoms with E-state index in [1.54, 1.807) is 6.20 Å². The Morgan fingerprint density at radius 2 is 2.19 bits per heavy atom. The van der Waals surface area contributed by atoms with Crippen LogP contribution in [0.5, 0.6) is 5.75 Å². The van der Waals surface area contributed by atoms with Crippen LogP contribution in [0.3, 0.4) is 0 Å². The number of rotatable bonds is 9. The zero-order valence-electron chi connectivity index (χ0n) is 16.8. The Balaban J connectivity index is 0.00000196. The number of aryl methyl sites for hydroxylation is 2. The summed E-state index contributed by atoms with van der Waals surface area (Å²) >= 11 is 0. The van der Waals surface area contributed by atoms with Gasteiger partial charge in [-0.3, -0.25) is 4.79 Å². The molecule has 0 fully saturated rings. The van der Waals surface area contributed by atoms with Crippen LogP contribution in [0, 0.1) is 6.92 Å². The molecule has 138 valence electrons. The molecular formula is C20H24N3NaO3. The third-order valence-electron chi connectivity index (χ3n) is 4.24. The van der Waals surface area contributed by atoms with E-state index < -0.39 is 5.97 Å². The van der Waals surface area contributed by atoms with Crippen molar-refractivity contribution in [2.24, 2.45) is 0 Å². The molecule has 0 atom stereocenters. The van der Waals surface area contributed by atoms with Crippen LogP contribution in [-0.4, -0.2) is 34.2 Å². The van der Waals surface area contributed by atoms with Gasteiger partial charge in [0.15, 0.2) is 0 Å². The molecule has 3 rings (SSSR count). The fourth-order valence-corrected chi connectivity index (χ4v) is 2.95. The summed E-state index contributed by atoms with van der Waals surface area (Å²) in [5, 5.41) is 13.2. The summed E-state index contributed by atoms with van der Waals surface area (Å²) in [5.41, 5.74) is 3.06. The molecule has 1 aromatic carbocycles. The fraction of sp³-hybridized carbons (Fsp3) is 0.300. The number of pyridine rings is 1. The molecular weight excluding hydrogens is 353 g/mol. The van der Waals surface area contributed by atoms with Crippen molar-refractivity contribution in [1.29, 1.82) is 0 Å². The average Bonchev–Trinajstić information content (AvgIpc) is 2.95. The van der Waals surface area contributed by atoms with E-state index in [2.05, 4.69) is 15.3 Å². The molecule has 2 aromatic heterocycles. The molecule has 0 bridgehead atoms. The minimum atomic E-state index is -0.786. The zero-order chi connectivity index (χ0) is 18.4. The Morgan fingerprint density at radius 1 is 1.33 bits per heavy atom. The third-order valence-corrected chi connectivity index (χ3v) is 4.24. The minimum absolute atomic E-state index is 0. The number of carboxylic acids is 1. The van der Waals surface area contributed by atoms with Crippen LogP contribution < -0.4 is 39.6 Å². The van der Waals surface area contributed by atoms with Gasteiger partial charge in [-0.2, -0.15) is 0 Å². The summed E-state index contributed by atoms with van der Waals surface area (Å²) in [4.78, 5) is 18.4. The normalized spacial score (nSPS) is 10.4. The molecule has 2 heterocycles. The monoisotopic (exact) mass is 377 g/mol. The number of nitrogens with zero attached hydrogens (tertiary/aromatic N) is 1. The Kier molecular flexibility index (Phi) is 8.16. The number of ether oxygens (including phenoxy) is 1. The average molecular weight is 377 g/mol. The van der Waals surface area contributed by atoms with E-state index in [0.717, 1.165) is 46.7 Å². The molecule has 0 aliphatic carbocycles. The number of anilines is 1. The van der Waals surface area contributed by atoms with E-state index >= 15 is 0 Å². The van der Waals surface area contributed by atoms with Crippen molar-refractivity contribution < 1.29 is 45.6 Å². The largest absolute Gasteiger partial charge is 1.00 e. The molecule has 3 N–H and O–H groups in total. The predicted molar refractivity (Wildman–Crippen MR) is 103 cm³/mol. The van der Waals surface area contributed by atoms with Crippen LogP contribution >= 0.6 is 0 Å². The van der Waals surface area contributed by atoms with Gasteiger partial charge in [-0.25, -0.2) is 4.98 Å². The number of aromatic nitrogens is 2. The van der Waals surface area contributed by atoms with Crippen LogP contribution in [-0.2, 0) is 11.2 Å². The number of carbonyl (C=O) groups is 1. The Bertz CT molecular complexity index is 887. The Hall–Kier alpha value is -2.02. The summed E-state index contributed by atoms with van der Waals surface area (Å²) in [6.45, 7) is 3.35. The van der Waals surface area contributed by atoms with Gasteiger partial charge in [0.1, 0.15) is 11.6 Å². The second-order valence-corrected chi connectivity index (χ2v) is 6.17. The molecule has 6 nitrogen and oxygen atoms in total. The number of nitrogens with one attached hydrogen (secondary N) is 2. The maximum absolute atomic E-state index is 10.9. The van der Waals surface area contributed by atoms with Gasteiger partial charge < -0.3 is 21.6 Å². The van der Waals surface area contributed by atoms with Gasteiger partial charge in [0.2, 0.25) is 0 Å². The van der Waals surface area contributed by atoms with Gasteiger partial charge in [0.25, 0.3) is 0 Å². The Labute approximate surface area is 182 Å². The van der Waals surface area contributed by atoms with Crippen molar-refractivity contribution in [3.05, 3.63) is 53.9 Å². The topological polar surface area (TPSA) is 87.2 Å². The van der Waals surface area contributed by atoms with Gasteiger partial charge in [0, 0.05) is 35.8 Å². The second kappa shape index (κ2) is 10.3. The summed E-state index contributed by atoms with van der Waals surface area (Å²) < 4.78 is 5.85. The molecule has 0 radical (unpaired) electrons. The van der Waals surface area contributed by atoms with E-state index in [0.29, 0.717) is 13.0 Å². The van der Waals surface area contributed by atoms with Crippen molar-refractivity contribution >= 4 is 22.7 Å². The number of hydrogen-bond donors (Lipinski definition) is 3. The number of hydrogen-bond acceptors (Lipinski definition) is 4. The SMILES string of the molecule is Cc1[nH]c2ccc(OCCCNc3ccccn3)cc2c1CCC(=O)O.[H-].[Na+]. The van der Waals surface area contributed by atoms with Crippen molar-refractivity contribution in [2.75, 3.05) is 18.5 Å². The number of aliphatic carboxylic acids is 1. The first-order valence-electron chi connectivity index (χ1n) is 8.74. The van der Waals surface area contributed by atoms with Crippen LogP contribution in [0.4, 0.5) is 5.82 Å². The maximum atomic E-state index is 10.9. The molecule has 7 heteroatoms. The molecule has 0 aliphatic rings. The smallest absolute Gasteiger partial charge is 1.00 e. The molecule has 0 amide bonds. The van der Waals surface area contributed by atoms with Crippen LogP contribution in [0.2, 0.25) is 0 Å².